The molecule has 148 valence electrons. The van der Waals surface area contributed by atoms with Crippen molar-refractivity contribution in [2.75, 3.05) is 37.6 Å². The van der Waals surface area contributed by atoms with Gasteiger partial charge in [-0.15, -0.1) is 24.0 Å². The summed E-state index contributed by atoms with van der Waals surface area (Å²) in [5, 5.41) is 4.49. The second-order valence-electron chi connectivity index (χ2n) is 6.42. The van der Waals surface area contributed by atoms with E-state index in [2.05, 4.69) is 69.5 Å². The number of nitrogens with zero attached hydrogens (tertiary/aromatic N) is 5. The van der Waals surface area contributed by atoms with E-state index in [1.807, 2.05) is 0 Å². The van der Waals surface area contributed by atoms with Gasteiger partial charge in [0.2, 0.25) is 5.13 Å². The Hall–Kier alpha value is -1.42. The van der Waals surface area contributed by atoms with Gasteiger partial charge < -0.3 is 15.1 Å². The van der Waals surface area contributed by atoms with Crippen molar-refractivity contribution in [3.63, 3.8) is 0 Å². The molecule has 0 spiro atoms. The molecule has 2 aromatic rings. The van der Waals surface area contributed by atoms with Crippen molar-refractivity contribution in [1.29, 1.82) is 0 Å². The molecule has 1 aromatic carbocycles. The molecule has 27 heavy (non-hydrogen) atoms. The Morgan fingerprint density at radius 3 is 2.56 bits per heavy atom. The largest absolute Gasteiger partial charge is 0.357 e. The van der Waals surface area contributed by atoms with Crippen LogP contribution in [-0.2, 0) is 13.0 Å². The van der Waals surface area contributed by atoms with Crippen LogP contribution in [0.15, 0.2) is 29.3 Å². The molecular weight excluding hydrogens is 471 g/mol. The number of hydrogen-bond acceptors (Lipinski definition) is 5. The topological polar surface area (TPSA) is 56.7 Å². The van der Waals surface area contributed by atoms with E-state index >= 15 is 0 Å². The molecule has 0 radical (unpaired) electrons. The lowest BCUT2D eigenvalue weighted by Gasteiger charge is -2.36. The Labute approximate surface area is 183 Å². The summed E-state index contributed by atoms with van der Waals surface area (Å²) in [5.41, 5.74) is 2.57. The summed E-state index contributed by atoms with van der Waals surface area (Å²) in [6, 6.07) is 8.45. The molecule has 0 atom stereocenters. The highest BCUT2D eigenvalue weighted by atomic mass is 127. The number of aromatic nitrogens is 2. The molecule has 1 aromatic heterocycles. The Kier molecular flexibility index (Phi) is 8.75. The molecule has 0 bridgehead atoms. The number of guanidine groups is 1. The van der Waals surface area contributed by atoms with E-state index < -0.39 is 0 Å². The van der Waals surface area contributed by atoms with Gasteiger partial charge in [-0.2, -0.15) is 4.37 Å². The number of benzene rings is 1. The van der Waals surface area contributed by atoms with Crippen molar-refractivity contribution in [3.05, 3.63) is 41.2 Å². The standard InChI is InChI=1S/C19H28N6S.HI/c1-4-17-22-19(26-23-17)25-12-10-24(11-13-25)18(20-5-2)21-14-16-9-7-6-8-15(16)3;/h6-9H,4-5,10-14H2,1-3H3,(H,20,21);1H. The third-order valence-electron chi connectivity index (χ3n) is 4.62. The summed E-state index contributed by atoms with van der Waals surface area (Å²) >= 11 is 1.51. The second-order valence-corrected chi connectivity index (χ2v) is 7.15. The number of anilines is 1. The van der Waals surface area contributed by atoms with Crippen LogP contribution in [0.25, 0.3) is 0 Å². The Morgan fingerprint density at radius 1 is 1.19 bits per heavy atom. The summed E-state index contributed by atoms with van der Waals surface area (Å²) in [6.45, 7) is 11.7. The molecule has 1 saturated heterocycles. The molecule has 1 N–H and O–H groups in total. The first-order valence-corrected chi connectivity index (χ1v) is 10.1. The molecule has 1 fully saturated rings. The zero-order valence-corrected chi connectivity index (χ0v) is 19.5. The Balaban J connectivity index is 0.00000261. The minimum absolute atomic E-state index is 0. The summed E-state index contributed by atoms with van der Waals surface area (Å²) in [4.78, 5) is 14.2. The van der Waals surface area contributed by atoms with Gasteiger partial charge in [-0.3, -0.25) is 0 Å². The van der Waals surface area contributed by atoms with Crippen LogP contribution >= 0.6 is 35.5 Å². The van der Waals surface area contributed by atoms with Crippen LogP contribution in [0.5, 0.6) is 0 Å². The average molecular weight is 500 g/mol. The van der Waals surface area contributed by atoms with Crippen molar-refractivity contribution >= 4 is 46.6 Å². The van der Waals surface area contributed by atoms with E-state index in [-0.39, 0.29) is 24.0 Å². The fourth-order valence-electron chi connectivity index (χ4n) is 3.00. The smallest absolute Gasteiger partial charge is 0.205 e. The summed E-state index contributed by atoms with van der Waals surface area (Å²) in [7, 11) is 0. The van der Waals surface area contributed by atoms with Crippen LogP contribution in [0.3, 0.4) is 0 Å². The van der Waals surface area contributed by atoms with Crippen molar-refractivity contribution < 1.29 is 0 Å². The first kappa shape index (κ1) is 21.9. The average Bonchev–Trinajstić information content (AvgIpc) is 3.16. The number of hydrogen-bond donors (Lipinski definition) is 1. The fraction of sp³-hybridized carbons (Fsp3) is 0.526. The predicted molar refractivity (Wildman–Crippen MR) is 124 cm³/mol. The Morgan fingerprint density at radius 2 is 1.93 bits per heavy atom. The summed E-state index contributed by atoms with van der Waals surface area (Å²) < 4.78 is 4.40. The maximum atomic E-state index is 4.87. The van der Waals surface area contributed by atoms with E-state index in [0.29, 0.717) is 6.54 Å². The first-order chi connectivity index (χ1) is 12.7. The normalized spacial score (nSPS) is 14.9. The van der Waals surface area contributed by atoms with Gasteiger partial charge >= 0.3 is 0 Å². The van der Waals surface area contributed by atoms with Crippen molar-refractivity contribution in [2.24, 2.45) is 4.99 Å². The lowest BCUT2D eigenvalue weighted by atomic mass is 10.1. The predicted octanol–water partition coefficient (Wildman–Crippen LogP) is 3.31. The lowest BCUT2D eigenvalue weighted by molar-refractivity contribution is 0.372. The van der Waals surface area contributed by atoms with Crippen LogP contribution in [0.2, 0.25) is 0 Å². The highest BCUT2D eigenvalue weighted by molar-refractivity contribution is 14.0. The third-order valence-corrected chi connectivity index (χ3v) is 5.43. The van der Waals surface area contributed by atoms with Gasteiger partial charge in [-0.25, -0.2) is 9.98 Å². The van der Waals surface area contributed by atoms with Crippen LogP contribution in [0, 0.1) is 6.92 Å². The summed E-state index contributed by atoms with van der Waals surface area (Å²) in [6.07, 6.45) is 0.895. The highest BCUT2D eigenvalue weighted by Gasteiger charge is 2.22. The molecule has 0 aliphatic carbocycles. The quantitative estimate of drug-likeness (QED) is 0.388. The maximum absolute atomic E-state index is 4.87. The molecule has 1 aliphatic heterocycles. The van der Waals surface area contributed by atoms with E-state index in [0.717, 1.165) is 56.1 Å². The number of aliphatic imine (C=N–C) groups is 1. The molecule has 3 rings (SSSR count). The zero-order chi connectivity index (χ0) is 18.4. The minimum atomic E-state index is 0. The number of piperazine rings is 1. The van der Waals surface area contributed by atoms with Crippen LogP contribution in [-0.4, -0.2) is 52.9 Å². The molecular formula is C19H29IN6S. The molecule has 0 saturated carbocycles. The van der Waals surface area contributed by atoms with Crippen molar-refractivity contribution in [2.45, 2.75) is 33.7 Å². The van der Waals surface area contributed by atoms with Gasteiger partial charge in [0.15, 0.2) is 5.96 Å². The van der Waals surface area contributed by atoms with E-state index in [4.69, 9.17) is 4.99 Å². The van der Waals surface area contributed by atoms with Gasteiger partial charge in [0, 0.05) is 50.7 Å². The van der Waals surface area contributed by atoms with E-state index in [1.54, 1.807) is 0 Å². The SMILES string of the molecule is CCNC(=NCc1ccccc1C)N1CCN(c2nc(CC)ns2)CC1.I. The molecule has 1 aliphatic rings. The van der Waals surface area contributed by atoms with Gasteiger partial charge in [-0.05, 0) is 25.0 Å². The van der Waals surface area contributed by atoms with Crippen molar-refractivity contribution in [1.82, 2.24) is 19.6 Å². The van der Waals surface area contributed by atoms with E-state index in [9.17, 15) is 0 Å². The molecule has 8 heteroatoms. The number of halogens is 1. The fourth-order valence-corrected chi connectivity index (χ4v) is 3.80. The molecule has 6 nitrogen and oxygen atoms in total. The summed E-state index contributed by atoms with van der Waals surface area (Å²) in [5.74, 6) is 1.95. The molecule has 2 heterocycles. The highest BCUT2D eigenvalue weighted by Crippen LogP contribution is 2.19. The van der Waals surface area contributed by atoms with Gasteiger partial charge in [0.05, 0.1) is 6.54 Å². The maximum Gasteiger partial charge on any atom is 0.205 e. The Bertz CT molecular complexity index is 739. The second kappa shape index (κ2) is 10.8. The monoisotopic (exact) mass is 500 g/mol. The number of aryl methyl sites for hydroxylation is 2. The van der Waals surface area contributed by atoms with Crippen LogP contribution < -0.4 is 10.2 Å². The minimum Gasteiger partial charge on any atom is -0.357 e. The zero-order valence-electron chi connectivity index (χ0n) is 16.3. The van der Waals surface area contributed by atoms with Crippen LogP contribution in [0.1, 0.15) is 30.8 Å². The van der Waals surface area contributed by atoms with Gasteiger partial charge in [0.1, 0.15) is 5.82 Å². The van der Waals surface area contributed by atoms with Gasteiger partial charge in [0.25, 0.3) is 0 Å². The van der Waals surface area contributed by atoms with Crippen molar-refractivity contribution in [3.8, 4) is 0 Å². The molecule has 0 amide bonds. The third kappa shape index (κ3) is 5.78. The number of rotatable bonds is 5. The first-order valence-electron chi connectivity index (χ1n) is 9.36. The van der Waals surface area contributed by atoms with Gasteiger partial charge in [-0.1, -0.05) is 31.2 Å². The number of nitrogens with one attached hydrogen (secondary N) is 1. The van der Waals surface area contributed by atoms with E-state index in [1.165, 1.54) is 22.7 Å². The molecule has 0 unspecified atom stereocenters. The van der Waals surface area contributed by atoms with Crippen LogP contribution in [0.4, 0.5) is 5.13 Å². The lowest BCUT2D eigenvalue weighted by Crippen LogP contribution is -2.52.